The number of carbonyl (C=O) groups is 1. The van der Waals surface area contributed by atoms with Gasteiger partial charge in [0.05, 0.1) is 5.69 Å². The number of carbonyl (C=O) groups excluding carboxylic acids is 1. The lowest BCUT2D eigenvalue weighted by Crippen LogP contribution is -2.54. The second-order valence-electron chi connectivity index (χ2n) is 7.32. The lowest BCUT2D eigenvalue weighted by molar-refractivity contribution is 0.0725. The van der Waals surface area contributed by atoms with E-state index in [2.05, 4.69) is 22.0 Å². The van der Waals surface area contributed by atoms with Crippen LogP contribution in [-0.2, 0) is 11.3 Å². The number of benzene rings is 2. The van der Waals surface area contributed by atoms with E-state index in [0.29, 0.717) is 42.7 Å². The van der Waals surface area contributed by atoms with Crippen molar-refractivity contribution in [2.24, 2.45) is 0 Å². The first-order chi connectivity index (χ1) is 14.6. The Morgan fingerprint density at radius 2 is 1.83 bits per heavy atom. The van der Waals surface area contributed by atoms with E-state index in [-0.39, 0.29) is 11.9 Å². The van der Waals surface area contributed by atoms with Crippen molar-refractivity contribution in [2.75, 3.05) is 31.6 Å². The third-order valence-electron chi connectivity index (χ3n) is 5.26. The predicted molar refractivity (Wildman–Crippen MR) is 116 cm³/mol. The minimum absolute atomic E-state index is 0.0568. The van der Waals surface area contributed by atoms with E-state index in [9.17, 15) is 4.79 Å². The molecule has 8 heteroatoms. The number of anilines is 1. The molecule has 1 aliphatic heterocycles. The van der Waals surface area contributed by atoms with Crippen molar-refractivity contribution in [3.05, 3.63) is 71.0 Å². The lowest BCUT2D eigenvalue weighted by Gasteiger charge is -2.40. The number of hydrogen-bond acceptors (Lipinski definition) is 5. The van der Waals surface area contributed by atoms with Crippen molar-refractivity contribution in [1.82, 2.24) is 19.7 Å². The number of nitrogens with zero attached hydrogens (tertiary/aromatic N) is 5. The third kappa shape index (κ3) is 4.04. The molecule has 2 heterocycles. The normalized spacial score (nSPS) is 16.7. The average molecular weight is 426 g/mol. The van der Waals surface area contributed by atoms with E-state index in [1.165, 1.54) is 0 Å². The Hall–Kier alpha value is -2.90. The molecule has 1 saturated heterocycles. The summed E-state index contributed by atoms with van der Waals surface area (Å²) < 4.78 is 7.31. The second-order valence-corrected chi connectivity index (χ2v) is 7.76. The van der Waals surface area contributed by atoms with E-state index < -0.39 is 0 Å². The SMILES string of the molecule is COCc1nnc(N2CCN(C(=O)c3ccccc3)CC2C)n1-c1ccc(Cl)cc1. The summed E-state index contributed by atoms with van der Waals surface area (Å²) in [4.78, 5) is 16.9. The van der Waals surface area contributed by atoms with Crippen molar-refractivity contribution in [3.63, 3.8) is 0 Å². The highest BCUT2D eigenvalue weighted by Gasteiger charge is 2.31. The third-order valence-corrected chi connectivity index (χ3v) is 5.52. The molecule has 0 bridgehead atoms. The van der Waals surface area contributed by atoms with Crippen LogP contribution in [0.1, 0.15) is 23.1 Å². The number of piperazine rings is 1. The van der Waals surface area contributed by atoms with Crippen LogP contribution in [0, 0.1) is 0 Å². The van der Waals surface area contributed by atoms with Crippen LogP contribution in [0.4, 0.5) is 5.95 Å². The Morgan fingerprint density at radius 3 is 2.50 bits per heavy atom. The Kier molecular flexibility index (Phi) is 6.01. The highest BCUT2D eigenvalue weighted by Crippen LogP contribution is 2.26. The molecule has 0 radical (unpaired) electrons. The van der Waals surface area contributed by atoms with Gasteiger partial charge in [-0.2, -0.15) is 0 Å². The molecule has 1 atom stereocenters. The first kappa shape index (κ1) is 20.4. The van der Waals surface area contributed by atoms with Crippen LogP contribution in [0.15, 0.2) is 54.6 Å². The number of methoxy groups -OCH3 is 1. The molecule has 0 aliphatic carbocycles. The van der Waals surface area contributed by atoms with Gasteiger partial charge in [0.2, 0.25) is 5.95 Å². The minimum atomic E-state index is 0.0568. The standard InChI is InChI=1S/C22H24ClN5O2/c1-16-14-26(21(29)17-6-4-3-5-7-17)12-13-27(16)22-25-24-20(15-30-2)28(22)19-10-8-18(23)9-11-19/h3-11,16H,12-15H2,1-2H3. The van der Waals surface area contributed by atoms with Gasteiger partial charge >= 0.3 is 0 Å². The zero-order valence-corrected chi connectivity index (χ0v) is 17.8. The number of ether oxygens (including phenoxy) is 1. The van der Waals surface area contributed by atoms with Gasteiger partial charge in [-0.1, -0.05) is 29.8 Å². The fraction of sp³-hybridized carbons (Fsp3) is 0.318. The molecule has 0 N–H and O–H groups in total. The molecule has 1 fully saturated rings. The summed E-state index contributed by atoms with van der Waals surface area (Å²) >= 11 is 6.07. The topological polar surface area (TPSA) is 63.5 Å². The van der Waals surface area contributed by atoms with Gasteiger partial charge in [-0.3, -0.25) is 9.36 Å². The number of amides is 1. The number of halogens is 1. The van der Waals surface area contributed by atoms with Crippen LogP contribution in [-0.4, -0.2) is 58.4 Å². The molecule has 1 amide bonds. The van der Waals surface area contributed by atoms with Crippen molar-refractivity contribution in [1.29, 1.82) is 0 Å². The summed E-state index contributed by atoms with van der Waals surface area (Å²) in [6, 6.07) is 17.0. The Balaban J connectivity index is 1.59. The van der Waals surface area contributed by atoms with Crippen LogP contribution < -0.4 is 4.90 Å². The quantitative estimate of drug-likeness (QED) is 0.626. The Labute approximate surface area is 180 Å². The summed E-state index contributed by atoms with van der Waals surface area (Å²) in [7, 11) is 1.64. The van der Waals surface area contributed by atoms with Crippen LogP contribution >= 0.6 is 11.6 Å². The van der Waals surface area contributed by atoms with Crippen molar-refractivity contribution >= 4 is 23.5 Å². The molecule has 0 spiro atoms. The molecule has 1 aromatic heterocycles. The van der Waals surface area contributed by atoms with E-state index in [4.69, 9.17) is 16.3 Å². The van der Waals surface area contributed by atoms with Gasteiger partial charge in [-0.25, -0.2) is 0 Å². The van der Waals surface area contributed by atoms with Crippen molar-refractivity contribution < 1.29 is 9.53 Å². The zero-order chi connectivity index (χ0) is 21.1. The molecular weight excluding hydrogens is 402 g/mol. The second kappa shape index (κ2) is 8.85. The highest BCUT2D eigenvalue weighted by atomic mass is 35.5. The minimum Gasteiger partial charge on any atom is -0.377 e. The first-order valence-electron chi connectivity index (χ1n) is 9.88. The molecule has 2 aromatic carbocycles. The lowest BCUT2D eigenvalue weighted by atomic mass is 10.1. The molecule has 30 heavy (non-hydrogen) atoms. The van der Waals surface area contributed by atoms with Gasteiger partial charge in [0, 0.05) is 43.4 Å². The maximum Gasteiger partial charge on any atom is 0.253 e. The van der Waals surface area contributed by atoms with E-state index in [0.717, 1.165) is 11.6 Å². The van der Waals surface area contributed by atoms with E-state index >= 15 is 0 Å². The zero-order valence-electron chi connectivity index (χ0n) is 17.0. The number of hydrogen-bond donors (Lipinski definition) is 0. The van der Waals surface area contributed by atoms with Gasteiger partial charge < -0.3 is 14.5 Å². The predicted octanol–water partition coefficient (Wildman–Crippen LogP) is 3.42. The molecule has 1 unspecified atom stereocenters. The van der Waals surface area contributed by atoms with Crippen molar-refractivity contribution in [3.8, 4) is 5.69 Å². The van der Waals surface area contributed by atoms with Crippen LogP contribution in [0.3, 0.4) is 0 Å². The highest BCUT2D eigenvalue weighted by molar-refractivity contribution is 6.30. The summed E-state index contributed by atoms with van der Waals surface area (Å²) in [5.74, 6) is 1.51. The fourth-order valence-electron chi connectivity index (χ4n) is 3.77. The van der Waals surface area contributed by atoms with Gasteiger partial charge in [-0.15, -0.1) is 10.2 Å². The molecule has 3 aromatic rings. The monoisotopic (exact) mass is 425 g/mol. The van der Waals surface area contributed by atoms with Crippen molar-refractivity contribution in [2.45, 2.75) is 19.6 Å². The Morgan fingerprint density at radius 1 is 1.10 bits per heavy atom. The maximum atomic E-state index is 12.8. The number of aromatic nitrogens is 3. The summed E-state index contributed by atoms with van der Waals surface area (Å²) in [5.41, 5.74) is 1.63. The number of rotatable bonds is 5. The van der Waals surface area contributed by atoms with Gasteiger partial charge in [0.15, 0.2) is 5.82 Å². The Bertz CT molecular complexity index is 1010. The molecule has 4 rings (SSSR count). The molecular formula is C22H24ClN5O2. The molecule has 0 saturated carbocycles. The smallest absolute Gasteiger partial charge is 0.253 e. The van der Waals surface area contributed by atoms with Crippen LogP contribution in [0.25, 0.3) is 5.69 Å². The molecule has 1 aliphatic rings. The maximum absolute atomic E-state index is 12.8. The van der Waals surface area contributed by atoms with Gasteiger partial charge in [-0.05, 0) is 43.3 Å². The molecule has 156 valence electrons. The molecule has 7 nitrogen and oxygen atoms in total. The van der Waals surface area contributed by atoms with Crippen LogP contribution in [0.5, 0.6) is 0 Å². The van der Waals surface area contributed by atoms with Crippen LogP contribution in [0.2, 0.25) is 5.02 Å². The van der Waals surface area contributed by atoms with E-state index in [1.807, 2.05) is 64.1 Å². The van der Waals surface area contributed by atoms with Gasteiger partial charge in [0.25, 0.3) is 5.91 Å². The van der Waals surface area contributed by atoms with Gasteiger partial charge in [0.1, 0.15) is 6.61 Å². The summed E-state index contributed by atoms with van der Waals surface area (Å²) in [5, 5.41) is 9.48. The summed E-state index contributed by atoms with van der Waals surface area (Å²) in [6.07, 6.45) is 0. The fourth-order valence-corrected chi connectivity index (χ4v) is 3.90. The average Bonchev–Trinajstić information content (AvgIpc) is 3.18. The first-order valence-corrected chi connectivity index (χ1v) is 10.3. The summed E-state index contributed by atoms with van der Waals surface area (Å²) in [6.45, 7) is 4.34. The van der Waals surface area contributed by atoms with E-state index in [1.54, 1.807) is 7.11 Å². The largest absolute Gasteiger partial charge is 0.377 e.